The van der Waals surface area contributed by atoms with Crippen molar-refractivity contribution in [3.63, 3.8) is 0 Å². The zero-order chi connectivity index (χ0) is 14.7. The molecule has 1 unspecified atom stereocenters. The lowest BCUT2D eigenvalue weighted by atomic mass is 9.95. The van der Waals surface area contributed by atoms with Crippen LogP contribution < -0.4 is 0 Å². The Morgan fingerprint density at radius 1 is 1.05 bits per heavy atom. The smallest absolute Gasteiger partial charge is 0.126 e. The predicted molar refractivity (Wildman–Crippen MR) is 85.4 cm³/mol. The van der Waals surface area contributed by atoms with E-state index < -0.39 is 0 Å². The van der Waals surface area contributed by atoms with Gasteiger partial charge in [0.05, 0.1) is 6.61 Å². The number of halogens is 1. The lowest BCUT2D eigenvalue weighted by molar-refractivity contribution is 0.184. The fourth-order valence-electron chi connectivity index (χ4n) is 2.42. The third-order valence-electron chi connectivity index (χ3n) is 3.54. The zero-order valence-electron chi connectivity index (χ0n) is 12.2. The van der Waals surface area contributed by atoms with Crippen molar-refractivity contribution in [3.05, 3.63) is 58.4 Å². The molecule has 2 aromatic carbocycles. The van der Waals surface area contributed by atoms with Crippen LogP contribution in [0, 0.1) is 19.7 Å². The Labute approximate surface area is 122 Å². The number of hydrogen-bond donors (Lipinski definition) is 0. The molecule has 0 fully saturated rings. The van der Waals surface area contributed by atoms with Gasteiger partial charge in [-0.15, -0.1) is 9.24 Å². The van der Waals surface area contributed by atoms with Gasteiger partial charge in [0.15, 0.2) is 0 Å². The second-order valence-corrected chi connectivity index (χ2v) is 5.45. The van der Waals surface area contributed by atoms with Gasteiger partial charge in [0, 0.05) is 7.11 Å². The molecule has 0 aliphatic carbocycles. The molecule has 1 nitrogen and oxygen atoms in total. The number of methoxy groups -OCH3 is 1. The summed E-state index contributed by atoms with van der Waals surface area (Å²) in [7, 11) is 4.42. The molecule has 2 aromatic rings. The molecule has 0 aliphatic rings. The molecule has 0 heterocycles. The molecule has 0 N–H and O–H groups in total. The van der Waals surface area contributed by atoms with E-state index in [2.05, 4.69) is 27.4 Å². The monoisotopic (exact) mass is 290 g/mol. The molecule has 0 saturated carbocycles. The number of hydrogen-bond acceptors (Lipinski definition) is 1. The van der Waals surface area contributed by atoms with Crippen molar-refractivity contribution < 1.29 is 9.13 Å². The van der Waals surface area contributed by atoms with Crippen LogP contribution in [0.3, 0.4) is 0 Å². The van der Waals surface area contributed by atoms with Gasteiger partial charge in [-0.1, -0.05) is 18.2 Å². The molecule has 0 aromatic heterocycles. The summed E-state index contributed by atoms with van der Waals surface area (Å²) in [5.41, 5.74) is 6.15. The Morgan fingerprint density at radius 3 is 2.45 bits per heavy atom. The third kappa shape index (κ3) is 3.08. The van der Waals surface area contributed by atoms with Gasteiger partial charge < -0.3 is 4.74 Å². The minimum absolute atomic E-state index is 0.158. The van der Waals surface area contributed by atoms with Crippen molar-refractivity contribution in [2.75, 3.05) is 7.11 Å². The highest BCUT2D eigenvalue weighted by atomic mass is 31.0. The first-order valence-electron chi connectivity index (χ1n) is 6.64. The molecule has 106 valence electrons. The van der Waals surface area contributed by atoms with Crippen LogP contribution in [-0.2, 0) is 17.5 Å². The van der Waals surface area contributed by atoms with E-state index in [0.29, 0.717) is 12.2 Å². The molecule has 0 bridgehead atoms. The summed E-state index contributed by atoms with van der Waals surface area (Å²) in [5.74, 6) is -0.158. The summed E-state index contributed by atoms with van der Waals surface area (Å²) >= 11 is 0. The summed E-state index contributed by atoms with van der Waals surface area (Å²) in [6.45, 7) is 4.38. The van der Waals surface area contributed by atoms with E-state index in [0.717, 1.165) is 28.4 Å². The summed E-state index contributed by atoms with van der Waals surface area (Å²) in [5, 5.41) is 0. The van der Waals surface area contributed by atoms with Crippen molar-refractivity contribution in [2.45, 2.75) is 26.6 Å². The predicted octanol–water partition coefficient (Wildman–Crippen LogP) is 4.63. The molecule has 0 spiro atoms. The fraction of sp³-hybridized carbons (Fsp3) is 0.294. The topological polar surface area (TPSA) is 9.23 Å². The highest BCUT2D eigenvalue weighted by molar-refractivity contribution is 7.15. The van der Waals surface area contributed by atoms with E-state index in [-0.39, 0.29) is 5.82 Å². The van der Waals surface area contributed by atoms with E-state index in [9.17, 15) is 4.39 Å². The van der Waals surface area contributed by atoms with Crippen LogP contribution in [0.1, 0.15) is 22.3 Å². The maximum absolute atomic E-state index is 13.8. The second kappa shape index (κ2) is 6.47. The van der Waals surface area contributed by atoms with Crippen LogP contribution >= 0.6 is 9.24 Å². The molecular weight excluding hydrogens is 270 g/mol. The Hall–Kier alpha value is -1.24. The molecular formula is C17H20FOP. The number of ether oxygens (including phenoxy) is 1. The van der Waals surface area contributed by atoms with E-state index in [4.69, 9.17) is 4.74 Å². The van der Waals surface area contributed by atoms with Crippen LogP contribution in [0.2, 0.25) is 0 Å². The van der Waals surface area contributed by atoms with E-state index in [1.54, 1.807) is 20.1 Å². The van der Waals surface area contributed by atoms with Gasteiger partial charge in [0.25, 0.3) is 0 Å². The van der Waals surface area contributed by atoms with Crippen LogP contribution in [0.5, 0.6) is 0 Å². The second-order valence-electron chi connectivity index (χ2n) is 5.04. The van der Waals surface area contributed by atoms with Crippen LogP contribution in [0.25, 0.3) is 11.1 Å². The van der Waals surface area contributed by atoms with Crippen molar-refractivity contribution in [3.8, 4) is 11.1 Å². The average molecular weight is 290 g/mol. The maximum atomic E-state index is 13.8. The number of benzene rings is 2. The Bertz CT molecular complexity index is 623. The number of aryl methyl sites for hydroxylation is 2. The lowest BCUT2D eigenvalue weighted by Gasteiger charge is -2.13. The highest BCUT2D eigenvalue weighted by Gasteiger charge is 2.09. The van der Waals surface area contributed by atoms with Crippen LogP contribution in [0.4, 0.5) is 4.39 Å². The lowest BCUT2D eigenvalue weighted by Crippen LogP contribution is -1.96. The van der Waals surface area contributed by atoms with E-state index in [1.807, 2.05) is 13.0 Å². The molecule has 0 radical (unpaired) electrons. The molecule has 20 heavy (non-hydrogen) atoms. The van der Waals surface area contributed by atoms with Gasteiger partial charge in [-0.25, -0.2) is 4.39 Å². The SMILES string of the molecule is COCc1cc(-c2cc(F)c(C)cc2C)ccc1CP. The summed E-state index contributed by atoms with van der Waals surface area (Å²) in [6, 6.07) is 9.75. The minimum atomic E-state index is -0.158. The Morgan fingerprint density at radius 2 is 1.80 bits per heavy atom. The zero-order valence-corrected chi connectivity index (χ0v) is 13.3. The van der Waals surface area contributed by atoms with Crippen molar-refractivity contribution in [2.24, 2.45) is 0 Å². The number of rotatable bonds is 4. The standard InChI is InChI=1S/C17H20FOP/c1-11-6-12(2)17(18)8-16(11)13-4-5-14(10-20)15(7-13)9-19-3/h4-8H,9-10,20H2,1-3H3. The van der Waals surface area contributed by atoms with Gasteiger partial charge in [0.1, 0.15) is 5.82 Å². The average Bonchev–Trinajstić information content (AvgIpc) is 2.43. The first kappa shape index (κ1) is 15.2. The highest BCUT2D eigenvalue weighted by Crippen LogP contribution is 2.28. The van der Waals surface area contributed by atoms with E-state index >= 15 is 0 Å². The van der Waals surface area contributed by atoms with Crippen LogP contribution in [-0.4, -0.2) is 7.11 Å². The van der Waals surface area contributed by atoms with Gasteiger partial charge in [0.2, 0.25) is 0 Å². The van der Waals surface area contributed by atoms with Crippen LogP contribution in [0.15, 0.2) is 30.3 Å². The van der Waals surface area contributed by atoms with Gasteiger partial charge in [-0.05, 0) is 65.5 Å². The molecule has 1 atom stereocenters. The van der Waals surface area contributed by atoms with Crippen molar-refractivity contribution >= 4 is 9.24 Å². The molecule has 2 rings (SSSR count). The van der Waals surface area contributed by atoms with Gasteiger partial charge in [-0.2, -0.15) is 0 Å². The van der Waals surface area contributed by atoms with Crippen molar-refractivity contribution in [1.29, 1.82) is 0 Å². The minimum Gasteiger partial charge on any atom is -0.380 e. The Balaban J connectivity index is 2.53. The third-order valence-corrected chi connectivity index (χ3v) is 3.98. The molecule has 0 amide bonds. The quantitative estimate of drug-likeness (QED) is 0.746. The summed E-state index contributed by atoms with van der Waals surface area (Å²) < 4.78 is 19.1. The van der Waals surface area contributed by atoms with Gasteiger partial charge >= 0.3 is 0 Å². The summed E-state index contributed by atoms with van der Waals surface area (Å²) in [6.07, 6.45) is 0.889. The summed E-state index contributed by atoms with van der Waals surface area (Å²) in [4.78, 5) is 0. The largest absolute Gasteiger partial charge is 0.380 e. The molecule has 0 aliphatic heterocycles. The van der Waals surface area contributed by atoms with E-state index in [1.165, 1.54) is 5.56 Å². The van der Waals surface area contributed by atoms with Gasteiger partial charge in [-0.3, -0.25) is 0 Å². The fourth-order valence-corrected chi connectivity index (χ4v) is 2.82. The van der Waals surface area contributed by atoms with Crippen molar-refractivity contribution in [1.82, 2.24) is 0 Å². The maximum Gasteiger partial charge on any atom is 0.126 e. The normalized spacial score (nSPS) is 10.8. The molecule has 0 saturated heterocycles. The first-order chi connectivity index (χ1) is 9.56. The first-order valence-corrected chi connectivity index (χ1v) is 7.46. The Kier molecular flexibility index (Phi) is 4.91. The molecule has 3 heteroatoms.